The van der Waals surface area contributed by atoms with Gasteiger partial charge in [-0.15, -0.1) is 0 Å². The molecule has 19 heavy (non-hydrogen) atoms. The van der Waals surface area contributed by atoms with Gasteiger partial charge in [0, 0.05) is 13.7 Å². The molecule has 0 aromatic heterocycles. The van der Waals surface area contributed by atoms with Gasteiger partial charge in [-0.25, -0.2) is 0 Å². The molecule has 0 amide bonds. The van der Waals surface area contributed by atoms with Gasteiger partial charge in [0.05, 0.1) is 18.7 Å². The molecule has 5 heteroatoms. The van der Waals surface area contributed by atoms with E-state index in [0.717, 1.165) is 31.4 Å². The van der Waals surface area contributed by atoms with Crippen LogP contribution in [0.15, 0.2) is 12.1 Å². The van der Waals surface area contributed by atoms with Gasteiger partial charge >= 0.3 is 0 Å². The third kappa shape index (κ3) is 5.27. The second-order valence-electron chi connectivity index (χ2n) is 4.20. The van der Waals surface area contributed by atoms with Crippen LogP contribution in [0.4, 0.5) is 0 Å². The van der Waals surface area contributed by atoms with Crippen LogP contribution in [0.2, 0.25) is 5.02 Å². The Morgan fingerprint density at radius 1 is 1.16 bits per heavy atom. The van der Waals surface area contributed by atoms with Crippen LogP contribution in [0.3, 0.4) is 0 Å². The number of ether oxygens (including phenoxy) is 3. The first-order chi connectivity index (χ1) is 9.22. The summed E-state index contributed by atoms with van der Waals surface area (Å²) in [6.45, 7) is 1.91. The third-order valence-electron chi connectivity index (χ3n) is 2.71. The number of halogens is 1. The summed E-state index contributed by atoms with van der Waals surface area (Å²) in [5, 5.41) is 0.564. The molecule has 0 radical (unpaired) electrons. The normalized spacial score (nSPS) is 10.5. The fraction of sp³-hybridized carbons (Fsp3) is 0.571. The molecule has 4 nitrogen and oxygen atoms in total. The predicted molar refractivity (Wildman–Crippen MR) is 77.4 cm³/mol. The minimum absolute atomic E-state index is 0.564. The van der Waals surface area contributed by atoms with Crippen molar-refractivity contribution >= 4 is 11.6 Å². The Morgan fingerprint density at radius 3 is 2.53 bits per heavy atom. The van der Waals surface area contributed by atoms with Crippen LogP contribution in [0.1, 0.15) is 18.4 Å². The molecule has 1 rings (SSSR count). The molecule has 1 aromatic rings. The Labute approximate surface area is 119 Å². The lowest BCUT2D eigenvalue weighted by molar-refractivity contribution is 0.183. The Balaban J connectivity index is 2.65. The molecule has 0 aliphatic heterocycles. The lowest BCUT2D eigenvalue weighted by atomic mass is 10.1. The van der Waals surface area contributed by atoms with Gasteiger partial charge in [-0.05, 0) is 43.5 Å². The van der Waals surface area contributed by atoms with Crippen molar-refractivity contribution in [1.82, 2.24) is 0 Å². The molecule has 0 atom stereocenters. The van der Waals surface area contributed by atoms with Gasteiger partial charge in [-0.2, -0.15) is 0 Å². The Kier molecular flexibility index (Phi) is 7.63. The standard InChI is InChI=1S/C14H22ClNO3/c1-17-7-3-4-8-19-14-12(15)9-11(5-6-16)10-13(14)18-2/h9-10H,3-8,16H2,1-2H3. The zero-order valence-electron chi connectivity index (χ0n) is 11.6. The number of benzene rings is 1. The van der Waals surface area contributed by atoms with Crippen molar-refractivity contribution in [1.29, 1.82) is 0 Å². The third-order valence-corrected chi connectivity index (χ3v) is 2.99. The van der Waals surface area contributed by atoms with E-state index in [1.807, 2.05) is 12.1 Å². The average molecular weight is 288 g/mol. The molecule has 0 fully saturated rings. The second-order valence-corrected chi connectivity index (χ2v) is 4.60. The van der Waals surface area contributed by atoms with Gasteiger partial charge in [0.25, 0.3) is 0 Å². The highest BCUT2D eigenvalue weighted by Crippen LogP contribution is 2.36. The number of nitrogens with two attached hydrogens (primary N) is 1. The zero-order valence-corrected chi connectivity index (χ0v) is 12.3. The Hall–Kier alpha value is -0.970. The molecular weight excluding hydrogens is 266 g/mol. The highest BCUT2D eigenvalue weighted by Gasteiger charge is 2.11. The first kappa shape index (κ1) is 16.1. The number of hydrogen-bond acceptors (Lipinski definition) is 4. The van der Waals surface area contributed by atoms with Crippen LogP contribution in [0.25, 0.3) is 0 Å². The number of methoxy groups -OCH3 is 2. The van der Waals surface area contributed by atoms with Crippen molar-refractivity contribution in [2.75, 3.05) is 34.0 Å². The van der Waals surface area contributed by atoms with E-state index in [9.17, 15) is 0 Å². The first-order valence-corrected chi connectivity index (χ1v) is 6.79. The van der Waals surface area contributed by atoms with Crippen LogP contribution in [0, 0.1) is 0 Å². The maximum absolute atomic E-state index is 6.22. The summed E-state index contributed by atoms with van der Waals surface area (Å²) in [4.78, 5) is 0. The van der Waals surface area contributed by atoms with E-state index in [4.69, 9.17) is 31.5 Å². The topological polar surface area (TPSA) is 53.7 Å². The van der Waals surface area contributed by atoms with Gasteiger partial charge in [0.15, 0.2) is 11.5 Å². The molecule has 1 aromatic carbocycles. The smallest absolute Gasteiger partial charge is 0.179 e. The van der Waals surface area contributed by atoms with Gasteiger partial charge in [0.1, 0.15) is 0 Å². The fourth-order valence-corrected chi connectivity index (χ4v) is 2.03. The van der Waals surface area contributed by atoms with E-state index >= 15 is 0 Å². The highest BCUT2D eigenvalue weighted by atomic mass is 35.5. The lowest BCUT2D eigenvalue weighted by Crippen LogP contribution is -2.05. The Morgan fingerprint density at radius 2 is 1.89 bits per heavy atom. The summed E-state index contributed by atoms with van der Waals surface area (Å²) in [5.41, 5.74) is 6.59. The van der Waals surface area contributed by atoms with Crippen molar-refractivity contribution in [2.45, 2.75) is 19.3 Å². The quantitative estimate of drug-likeness (QED) is 0.710. The van der Waals surface area contributed by atoms with Crippen molar-refractivity contribution in [3.63, 3.8) is 0 Å². The molecule has 2 N–H and O–H groups in total. The van der Waals surface area contributed by atoms with E-state index in [1.165, 1.54) is 0 Å². The van der Waals surface area contributed by atoms with Crippen LogP contribution in [-0.2, 0) is 11.2 Å². The minimum Gasteiger partial charge on any atom is -0.493 e. The molecular formula is C14H22ClNO3. The number of unbranched alkanes of at least 4 members (excludes halogenated alkanes) is 1. The summed E-state index contributed by atoms with van der Waals surface area (Å²) < 4.78 is 16.0. The minimum atomic E-state index is 0.564. The molecule has 0 bridgehead atoms. The van der Waals surface area contributed by atoms with Gasteiger partial charge < -0.3 is 19.9 Å². The van der Waals surface area contributed by atoms with E-state index in [1.54, 1.807) is 14.2 Å². The summed E-state index contributed by atoms with van der Waals surface area (Å²) in [5.74, 6) is 1.25. The molecule has 0 unspecified atom stereocenters. The fourth-order valence-electron chi connectivity index (χ4n) is 1.75. The summed E-state index contributed by atoms with van der Waals surface area (Å²) in [6.07, 6.45) is 2.64. The molecule has 0 spiro atoms. The first-order valence-electron chi connectivity index (χ1n) is 6.41. The lowest BCUT2D eigenvalue weighted by Gasteiger charge is -2.14. The predicted octanol–water partition coefficient (Wildman–Crippen LogP) is 2.66. The highest BCUT2D eigenvalue weighted by molar-refractivity contribution is 6.32. The van der Waals surface area contributed by atoms with Crippen LogP contribution in [0.5, 0.6) is 11.5 Å². The zero-order chi connectivity index (χ0) is 14.1. The summed E-state index contributed by atoms with van der Waals surface area (Å²) >= 11 is 6.22. The molecule has 0 heterocycles. The molecule has 0 saturated heterocycles. The van der Waals surface area contributed by atoms with E-state index < -0.39 is 0 Å². The molecule has 0 aliphatic rings. The second kappa shape index (κ2) is 9.02. The molecule has 0 saturated carbocycles. The van der Waals surface area contributed by atoms with Crippen molar-refractivity contribution in [2.24, 2.45) is 5.73 Å². The van der Waals surface area contributed by atoms with E-state index in [2.05, 4.69) is 0 Å². The largest absolute Gasteiger partial charge is 0.493 e. The maximum atomic E-state index is 6.22. The van der Waals surface area contributed by atoms with Crippen molar-refractivity contribution < 1.29 is 14.2 Å². The number of rotatable bonds is 9. The van der Waals surface area contributed by atoms with Gasteiger partial charge in [-0.3, -0.25) is 0 Å². The number of hydrogen-bond donors (Lipinski definition) is 1. The van der Waals surface area contributed by atoms with Gasteiger partial charge in [-0.1, -0.05) is 11.6 Å². The van der Waals surface area contributed by atoms with Gasteiger partial charge in [0.2, 0.25) is 0 Å². The monoisotopic (exact) mass is 287 g/mol. The van der Waals surface area contributed by atoms with E-state index in [0.29, 0.717) is 29.7 Å². The SMILES string of the molecule is COCCCCOc1c(Cl)cc(CCN)cc1OC. The van der Waals surface area contributed by atoms with Crippen LogP contribution < -0.4 is 15.2 Å². The van der Waals surface area contributed by atoms with Crippen LogP contribution >= 0.6 is 11.6 Å². The summed E-state index contributed by atoms with van der Waals surface area (Å²) in [7, 11) is 3.30. The van der Waals surface area contributed by atoms with Crippen molar-refractivity contribution in [3.05, 3.63) is 22.7 Å². The average Bonchev–Trinajstić information content (AvgIpc) is 2.40. The molecule has 108 valence electrons. The maximum Gasteiger partial charge on any atom is 0.179 e. The summed E-state index contributed by atoms with van der Waals surface area (Å²) in [6, 6.07) is 3.80. The van der Waals surface area contributed by atoms with Crippen LogP contribution in [-0.4, -0.2) is 34.0 Å². The van der Waals surface area contributed by atoms with E-state index in [-0.39, 0.29) is 0 Å². The molecule has 0 aliphatic carbocycles. The Bertz CT molecular complexity index is 385. The van der Waals surface area contributed by atoms with Crippen molar-refractivity contribution in [3.8, 4) is 11.5 Å².